The first-order chi connectivity index (χ1) is 13.9. The second kappa shape index (κ2) is 11.5. The van der Waals surface area contributed by atoms with Crippen LogP contribution in [-0.4, -0.2) is 67.5 Å². The Hall–Kier alpha value is -2.45. The molecule has 29 heavy (non-hydrogen) atoms. The van der Waals surface area contributed by atoms with Gasteiger partial charge in [-0.15, -0.1) is 11.3 Å². The number of thiophene rings is 1. The second-order valence-electron chi connectivity index (χ2n) is 6.90. The number of halogens is 1. The molecule has 2 aromatic rings. The minimum atomic E-state index is -0.314. The van der Waals surface area contributed by atoms with Gasteiger partial charge in [-0.25, -0.2) is 9.18 Å². The van der Waals surface area contributed by atoms with E-state index in [-0.39, 0.29) is 24.3 Å². The van der Waals surface area contributed by atoms with E-state index in [0.29, 0.717) is 32.7 Å². The Bertz CT molecular complexity index is 766. The lowest BCUT2D eigenvalue weighted by Crippen LogP contribution is -2.46. The van der Waals surface area contributed by atoms with E-state index in [9.17, 15) is 14.0 Å². The highest BCUT2D eigenvalue weighted by atomic mass is 32.1. The molecule has 0 aliphatic heterocycles. The molecule has 0 atom stereocenters. The first-order valence-electron chi connectivity index (χ1n) is 9.40. The summed E-state index contributed by atoms with van der Waals surface area (Å²) < 4.78 is 18.3. The van der Waals surface area contributed by atoms with Gasteiger partial charge in [0.1, 0.15) is 12.4 Å². The summed E-state index contributed by atoms with van der Waals surface area (Å²) in [7, 11) is 4.94. The second-order valence-corrected chi connectivity index (χ2v) is 7.93. The number of amides is 3. The molecular formula is C21H28FN3O3S. The van der Waals surface area contributed by atoms with Crippen LogP contribution in [0.4, 0.5) is 9.18 Å². The van der Waals surface area contributed by atoms with Crippen LogP contribution in [0.3, 0.4) is 0 Å². The van der Waals surface area contributed by atoms with Gasteiger partial charge >= 0.3 is 6.03 Å². The molecule has 0 N–H and O–H groups in total. The molecule has 0 unspecified atom stereocenters. The summed E-state index contributed by atoms with van der Waals surface area (Å²) in [5.74, 6) is -0.471. The maximum absolute atomic E-state index is 13.2. The standard InChI is InChI=1S/C21H28FN3O3S/c1-23(2)21(27)24(11-5-12-28-3)16-20(26)25(15-19-6-4-13-29-19)14-17-7-9-18(22)10-8-17/h4,6-10,13H,5,11-12,14-16H2,1-3H3. The molecule has 8 heteroatoms. The number of rotatable bonds is 10. The zero-order valence-corrected chi connectivity index (χ0v) is 18.0. The van der Waals surface area contributed by atoms with Crippen molar-refractivity contribution < 1.29 is 18.7 Å². The van der Waals surface area contributed by atoms with Crippen LogP contribution >= 0.6 is 11.3 Å². The SMILES string of the molecule is COCCCN(CC(=O)N(Cc1ccc(F)cc1)Cc1cccs1)C(=O)N(C)C. The van der Waals surface area contributed by atoms with Crippen molar-refractivity contribution in [2.24, 2.45) is 0 Å². The molecule has 0 bridgehead atoms. The van der Waals surface area contributed by atoms with Crippen molar-refractivity contribution in [1.29, 1.82) is 0 Å². The van der Waals surface area contributed by atoms with Gasteiger partial charge in [-0.2, -0.15) is 0 Å². The van der Waals surface area contributed by atoms with Crippen molar-refractivity contribution in [3.63, 3.8) is 0 Å². The summed E-state index contributed by atoms with van der Waals surface area (Å²) in [6.45, 7) is 1.71. The van der Waals surface area contributed by atoms with Gasteiger partial charge in [-0.05, 0) is 35.6 Å². The third-order valence-electron chi connectivity index (χ3n) is 4.32. The highest BCUT2D eigenvalue weighted by molar-refractivity contribution is 7.09. The van der Waals surface area contributed by atoms with Crippen molar-refractivity contribution in [3.05, 3.63) is 58.0 Å². The summed E-state index contributed by atoms with van der Waals surface area (Å²) in [4.78, 5) is 31.4. The average molecular weight is 422 g/mol. The zero-order valence-electron chi connectivity index (χ0n) is 17.1. The Morgan fingerprint density at radius 3 is 2.38 bits per heavy atom. The fourth-order valence-electron chi connectivity index (χ4n) is 2.82. The molecule has 0 aliphatic rings. The predicted octanol–water partition coefficient (Wildman–Crippen LogP) is 3.44. The third-order valence-corrected chi connectivity index (χ3v) is 5.18. The van der Waals surface area contributed by atoms with Gasteiger partial charge in [0.2, 0.25) is 5.91 Å². The van der Waals surface area contributed by atoms with Gasteiger partial charge in [0, 0.05) is 45.8 Å². The minimum Gasteiger partial charge on any atom is -0.385 e. The monoisotopic (exact) mass is 421 g/mol. The number of urea groups is 1. The van der Waals surface area contributed by atoms with Crippen LogP contribution in [0.15, 0.2) is 41.8 Å². The lowest BCUT2D eigenvalue weighted by Gasteiger charge is -2.29. The Kier molecular flexibility index (Phi) is 9.08. The Labute approximate surface area is 175 Å². The Morgan fingerprint density at radius 2 is 1.79 bits per heavy atom. The van der Waals surface area contributed by atoms with Gasteiger partial charge in [-0.1, -0.05) is 18.2 Å². The lowest BCUT2D eigenvalue weighted by molar-refractivity contribution is -0.133. The smallest absolute Gasteiger partial charge is 0.319 e. The van der Waals surface area contributed by atoms with Gasteiger partial charge in [0.15, 0.2) is 0 Å². The van der Waals surface area contributed by atoms with Gasteiger partial charge in [0.25, 0.3) is 0 Å². The summed E-state index contributed by atoms with van der Waals surface area (Å²) in [5, 5.41) is 1.96. The van der Waals surface area contributed by atoms with Crippen LogP contribution in [0, 0.1) is 5.82 Å². The lowest BCUT2D eigenvalue weighted by atomic mass is 10.2. The number of benzene rings is 1. The predicted molar refractivity (Wildman–Crippen MR) is 112 cm³/mol. The fourth-order valence-corrected chi connectivity index (χ4v) is 3.54. The molecule has 0 aliphatic carbocycles. The van der Waals surface area contributed by atoms with E-state index in [1.165, 1.54) is 21.9 Å². The molecule has 158 valence electrons. The van der Waals surface area contributed by atoms with Gasteiger partial charge in [0.05, 0.1) is 6.54 Å². The molecule has 1 aromatic carbocycles. The summed E-state index contributed by atoms with van der Waals surface area (Å²) in [5.41, 5.74) is 0.834. The molecular weight excluding hydrogens is 393 g/mol. The molecule has 0 fully saturated rings. The number of carbonyl (C=O) groups excluding carboxylic acids is 2. The van der Waals surface area contributed by atoms with Crippen LogP contribution in [0.1, 0.15) is 16.9 Å². The molecule has 6 nitrogen and oxygen atoms in total. The van der Waals surface area contributed by atoms with Crippen molar-refractivity contribution in [2.75, 3.05) is 40.9 Å². The molecule has 1 aromatic heterocycles. The van der Waals surface area contributed by atoms with Crippen LogP contribution < -0.4 is 0 Å². The van der Waals surface area contributed by atoms with E-state index in [4.69, 9.17) is 4.74 Å². The topological polar surface area (TPSA) is 53.1 Å². The maximum atomic E-state index is 13.2. The minimum absolute atomic E-state index is 0.0205. The fraction of sp³-hybridized carbons (Fsp3) is 0.429. The third kappa shape index (κ3) is 7.47. The van der Waals surface area contributed by atoms with E-state index >= 15 is 0 Å². The van der Waals surface area contributed by atoms with Gasteiger partial charge < -0.3 is 19.4 Å². The van der Waals surface area contributed by atoms with Crippen LogP contribution in [0.2, 0.25) is 0 Å². The molecule has 0 saturated heterocycles. The largest absolute Gasteiger partial charge is 0.385 e. The highest BCUT2D eigenvalue weighted by Crippen LogP contribution is 2.16. The Balaban J connectivity index is 2.14. The average Bonchev–Trinajstić information content (AvgIpc) is 3.21. The molecule has 0 saturated carbocycles. The molecule has 2 rings (SSSR count). The Morgan fingerprint density at radius 1 is 1.07 bits per heavy atom. The van der Waals surface area contributed by atoms with E-state index in [2.05, 4.69) is 0 Å². The van der Waals surface area contributed by atoms with E-state index < -0.39 is 0 Å². The number of carbonyl (C=O) groups is 2. The summed E-state index contributed by atoms with van der Waals surface area (Å²) in [6.07, 6.45) is 0.645. The molecule has 3 amide bonds. The summed E-state index contributed by atoms with van der Waals surface area (Å²) in [6, 6.07) is 9.80. The number of ether oxygens (including phenoxy) is 1. The quantitative estimate of drug-likeness (QED) is 0.552. The van der Waals surface area contributed by atoms with Crippen molar-refractivity contribution >= 4 is 23.3 Å². The highest BCUT2D eigenvalue weighted by Gasteiger charge is 2.23. The first kappa shape index (κ1) is 22.8. The van der Waals surface area contributed by atoms with E-state index in [1.54, 1.807) is 49.6 Å². The number of hydrogen-bond acceptors (Lipinski definition) is 4. The molecule has 1 heterocycles. The van der Waals surface area contributed by atoms with E-state index in [1.807, 2.05) is 17.5 Å². The normalized spacial score (nSPS) is 10.6. The van der Waals surface area contributed by atoms with Crippen molar-refractivity contribution in [3.8, 4) is 0 Å². The van der Waals surface area contributed by atoms with Crippen LogP contribution in [0.25, 0.3) is 0 Å². The number of hydrogen-bond donors (Lipinski definition) is 0. The summed E-state index contributed by atoms with van der Waals surface area (Å²) >= 11 is 1.57. The molecule has 0 radical (unpaired) electrons. The first-order valence-corrected chi connectivity index (χ1v) is 10.3. The molecule has 0 spiro atoms. The maximum Gasteiger partial charge on any atom is 0.319 e. The van der Waals surface area contributed by atoms with Crippen molar-refractivity contribution in [1.82, 2.24) is 14.7 Å². The van der Waals surface area contributed by atoms with Crippen molar-refractivity contribution in [2.45, 2.75) is 19.5 Å². The van der Waals surface area contributed by atoms with Crippen LogP contribution in [0.5, 0.6) is 0 Å². The van der Waals surface area contributed by atoms with Gasteiger partial charge in [-0.3, -0.25) is 4.79 Å². The van der Waals surface area contributed by atoms with E-state index in [0.717, 1.165) is 10.4 Å². The number of nitrogens with zero attached hydrogens (tertiary/aromatic N) is 3. The number of methoxy groups -OCH3 is 1. The zero-order chi connectivity index (χ0) is 21.2. The van der Waals surface area contributed by atoms with Crippen LogP contribution in [-0.2, 0) is 22.6 Å².